The largest absolute Gasteiger partial charge is 0.493 e. The van der Waals surface area contributed by atoms with E-state index in [1.165, 1.54) is 19.3 Å². The van der Waals surface area contributed by atoms with Crippen molar-refractivity contribution in [1.29, 1.82) is 0 Å². The fourth-order valence-corrected chi connectivity index (χ4v) is 2.26. The Morgan fingerprint density at radius 1 is 1.41 bits per heavy atom. The number of aldehydes is 1. The van der Waals surface area contributed by atoms with E-state index < -0.39 is 0 Å². The smallest absolute Gasteiger partial charge is 0.152 e. The van der Waals surface area contributed by atoms with Crippen molar-refractivity contribution >= 4 is 17.2 Å². The standard InChI is InChI=1S/C14H15NO2/c16-8-11-7-15-12-5-2-6-13(14(11)12)17-9-10-3-1-4-10/h2,5-8,10,15H,1,3-4,9H2. The number of H-pyrrole nitrogens is 1. The summed E-state index contributed by atoms with van der Waals surface area (Å²) in [6, 6.07) is 5.84. The second-order valence-electron chi connectivity index (χ2n) is 4.65. The summed E-state index contributed by atoms with van der Waals surface area (Å²) in [5, 5.41) is 0.904. The fraction of sp³-hybridized carbons (Fsp3) is 0.357. The van der Waals surface area contributed by atoms with E-state index >= 15 is 0 Å². The molecule has 1 aromatic heterocycles. The molecule has 0 spiro atoms. The van der Waals surface area contributed by atoms with Crippen molar-refractivity contribution in [3.8, 4) is 5.75 Å². The highest BCUT2D eigenvalue weighted by molar-refractivity contribution is 6.00. The average molecular weight is 229 g/mol. The Balaban J connectivity index is 1.90. The average Bonchev–Trinajstić information content (AvgIpc) is 2.70. The molecule has 1 fully saturated rings. The van der Waals surface area contributed by atoms with Gasteiger partial charge >= 0.3 is 0 Å². The van der Waals surface area contributed by atoms with Gasteiger partial charge in [0, 0.05) is 17.3 Å². The van der Waals surface area contributed by atoms with Gasteiger partial charge in [-0.15, -0.1) is 0 Å². The van der Waals surface area contributed by atoms with Crippen molar-refractivity contribution < 1.29 is 9.53 Å². The molecule has 0 saturated heterocycles. The van der Waals surface area contributed by atoms with Gasteiger partial charge in [0.25, 0.3) is 0 Å². The van der Waals surface area contributed by atoms with Gasteiger partial charge in [-0.25, -0.2) is 0 Å². The zero-order valence-electron chi connectivity index (χ0n) is 9.61. The number of carbonyl (C=O) groups is 1. The maximum absolute atomic E-state index is 11.0. The summed E-state index contributed by atoms with van der Waals surface area (Å²) in [5.74, 6) is 1.52. The number of nitrogens with one attached hydrogen (secondary N) is 1. The van der Waals surface area contributed by atoms with Gasteiger partial charge in [-0.3, -0.25) is 4.79 Å². The van der Waals surface area contributed by atoms with Gasteiger partial charge in [-0.1, -0.05) is 12.5 Å². The molecule has 0 unspecified atom stereocenters. The highest BCUT2D eigenvalue weighted by Gasteiger charge is 2.18. The van der Waals surface area contributed by atoms with Crippen LogP contribution in [0.3, 0.4) is 0 Å². The summed E-state index contributed by atoms with van der Waals surface area (Å²) < 4.78 is 5.85. The third kappa shape index (κ3) is 1.82. The SMILES string of the molecule is O=Cc1c[nH]c2cccc(OCC3CCC3)c12. The monoisotopic (exact) mass is 229 g/mol. The maximum atomic E-state index is 11.0. The van der Waals surface area contributed by atoms with Crippen LogP contribution in [0.1, 0.15) is 29.6 Å². The Morgan fingerprint density at radius 3 is 3.00 bits per heavy atom. The third-order valence-electron chi connectivity index (χ3n) is 3.52. The molecule has 1 N–H and O–H groups in total. The van der Waals surface area contributed by atoms with Crippen LogP contribution in [0.2, 0.25) is 0 Å². The molecule has 2 aromatic rings. The lowest BCUT2D eigenvalue weighted by Crippen LogP contribution is -2.19. The molecular weight excluding hydrogens is 214 g/mol. The van der Waals surface area contributed by atoms with Crippen molar-refractivity contribution in [3.63, 3.8) is 0 Å². The molecule has 17 heavy (non-hydrogen) atoms. The Kier molecular flexibility index (Phi) is 2.59. The number of fused-ring (bicyclic) bond motifs is 1. The topological polar surface area (TPSA) is 42.1 Å². The summed E-state index contributed by atoms with van der Waals surface area (Å²) in [4.78, 5) is 14.0. The highest BCUT2D eigenvalue weighted by atomic mass is 16.5. The number of rotatable bonds is 4. The van der Waals surface area contributed by atoms with Crippen LogP contribution in [0.4, 0.5) is 0 Å². The van der Waals surface area contributed by atoms with Gasteiger partial charge < -0.3 is 9.72 Å². The zero-order chi connectivity index (χ0) is 11.7. The van der Waals surface area contributed by atoms with E-state index in [0.717, 1.165) is 29.5 Å². The summed E-state index contributed by atoms with van der Waals surface area (Å²) in [5.41, 5.74) is 1.63. The normalized spacial score (nSPS) is 15.8. The van der Waals surface area contributed by atoms with E-state index in [-0.39, 0.29) is 0 Å². The predicted octanol–water partition coefficient (Wildman–Crippen LogP) is 3.16. The summed E-state index contributed by atoms with van der Waals surface area (Å²) in [6.45, 7) is 0.766. The van der Waals surface area contributed by atoms with Gasteiger partial charge in [0.05, 0.1) is 12.0 Å². The van der Waals surface area contributed by atoms with E-state index in [0.29, 0.717) is 11.5 Å². The van der Waals surface area contributed by atoms with Gasteiger partial charge in [0.2, 0.25) is 0 Å². The molecule has 3 rings (SSSR count). The molecule has 1 aromatic carbocycles. The molecule has 1 heterocycles. The van der Waals surface area contributed by atoms with Crippen LogP contribution in [0.5, 0.6) is 5.75 Å². The number of aromatic amines is 1. The lowest BCUT2D eigenvalue weighted by Gasteiger charge is -2.25. The van der Waals surface area contributed by atoms with E-state index in [4.69, 9.17) is 4.74 Å². The van der Waals surface area contributed by atoms with Crippen molar-refractivity contribution in [1.82, 2.24) is 4.98 Å². The lowest BCUT2D eigenvalue weighted by atomic mass is 9.86. The number of benzene rings is 1. The molecule has 0 aliphatic heterocycles. The number of hydrogen-bond donors (Lipinski definition) is 1. The van der Waals surface area contributed by atoms with Crippen molar-refractivity contribution in [3.05, 3.63) is 30.0 Å². The number of carbonyl (C=O) groups excluding carboxylic acids is 1. The van der Waals surface area contributed by atoms with Crippen molar-refractivity contribution in [2.24, 2.45) is 5.92 Å². The molecule has 0 amide bonds. The molecule has 88 valence electrons. The predicted molar refractivity (Wildman–Crippen MR) is 66.5 cm³/mol. The number of aromatic nitrogens is 1. The van der Waals surface area contributed by atoms with Gasteiger partial charge in [-0.2, -0.15) is 0 Å². The molecule has 0 atom stereocenters. The van der Waals surface area contributed by atoms with Crippen molar-refractivity contribution in [2.45, 2.75) is 19.3 Å². The van der Waals surface area contributed by atoms with Gasteiger partial charge in [-0.05, 0) is 30.9 Å². The van der Waals surface area contributed by atoms with Crippen LogP contribution >= 0.6 is 0 Å². The van der Waals surface area contributed by atoms with E-state index in [9.17, 15) is 4.79 Å². The first-order valence-electron chi connectivity index (χ1n) is 6.06. The van der Waals surface area contributed by atoms with Gasteiger partial charge in [0.1, 0.15) is 5.75 Å². The van der Waals surface area contributed by atoms with E-state index in [2.05, 4.69) is 4.98 Å². The van der Waals surface area contributed by atoms with Crippen LogP contribution in [0, 0.1) is 5.92 Å². The minimum atomic E-state index is 0.671. The third-order valence-corrected chi connectivity index (χ3v) is 3.52. The second kappa shape index (κ2) is 4.24. The quantitative estimate of drug-likeness (QED) is 0.818. The first-order valence-corrected chi connectivity index (χ1v) is 6.06. The molecule has 0 radical (unpaired) electrons. The number of ether oxygens (including phenoxy) is 1. The van der Waals surface area contributed by atoms with Crippen molar-refractivity contribution in [2.75, 3.05) is 6.61 Å². The minimum Gasteiger partial charge on any atom is -0.493 e. The van der Waals surface area contributed by atoms with Crippen LogP contribution < -0.4 is 4.74 Å². The van der Waals surface area contributed by atoms with Crippen LogP contribution in [0.15, 0.2) is 24.4 Å². The molecule has 1 aliphatic rings. The molecule has 0 bridgehead atoms. The molecule has 3 heteroatoms. The Hall–Kier alpha value is -1.77. The summed E-state index contributed by atoms with van der Waals surface area (Å²) in [7, 11) is 0. The highest BCUT2D eigenvalue weighted by Crippen LogP contribution is 2.31. The Morgan fingerprint density at radius 2 is 2.29 bits per heavy atom. The molecule has 1 aliphatic carbocycles. The van der Waals surface area contributed by atoms with E-state index in [1.54, 1.807) is 6.20 Å². The number of hydrogen-bond acceptors (Lipinski definition) is 2. The second-order valence-corrected chi connectivity index (χ2v) is 4.65. The molecule has 3 nitrogen and oxygen atoms in total. The Bertz CT molecular complexity index is 540. The molecular formula is C14H15NO2. The maximum Gasteiger partial charge on any atom is 0.152 e. The van der Waals surface area contributed by atoms with Gasteiger partial charge in [0.15, 0.2) is 6.29 Å². The Labute approximate surface area is 99.8 Å². The summed E-state index contributed by atoms with van der Waals surface area (Å²) in [6.07, 6.45) is 6.46. The fourth-order valence-electron chi connectivity index (χ4n) is 2.26. The molecule has 1 saturated carbocycles. The first kappa shape index (κ1) is 10.4. The zero-order valence-corrected chi connectivity index (χ0v) is 9.61. The minimum absolute atomic E-state index is 0.671. The van der Waals surface area contributed by atoms with Crippen LogP contribution in [0.25, 0.3) is 10.9 Å². The van der Waals surface area contributed by atoms with Crippen LogP contribution in [-0.2, 0) is 0 Å². The first-order chi connectivity index (χ1) is 8.38. The van der Waals surface area contributed by atoms with Crippen LogP contribution in [-0.4, -0.2) is 17.9 Å². The lowest BCUT2D eigenvalue weighted by molar-refractivity contribution is 0.112. The van der Waals surface area contributed by atoms with E-state index in [1.807, 2.05) is 18.2 Å². The summed E-state index contributed by atoms with van der Waals surface area (Å²) >= 11 is 0.